The third-order valence-electron chi connectivity index (χ3n) is 3.04. The van der Waals surface area contributed by atoms with Gasteiger partial charge in [0.05, 0.1) is 12.8 Å². The van der Waals surface area contributed by atoms with Gasteiger partial charge in [-0.15, -0.1) is 0 Å². The number of amides is 1. The maximum atomic E-state index is 12.0. The molecular formula is C15H22N2O3. The van der Waals surface area contributed by atoms with Gasteiger partial charge >= 0.3 is 6.09 Å². The Morgan fingerprint density at radius 2 is 2.10 bits per heavy atom. The van der Waals surface area contributed by atoms with E-state index >= 15 is 0 Å². The highest BCUT2D eigenvalue weighted by atomic mass is 16.6. The predicted octanol–water partition coefficient (Wildman–Crippen LogP) is 3.40. The molecule has 5 nitrogen and oxygen atoms in total. The lowest BCUT2D eigenvalue weighted by Gasteiger charge is -2.24. The van der Waals surface area contributed by atoms with E-state index in [0.717, 1.165) is 30.6 Å². The van der Waals surface area contributed by atoms with Crippen molar-refractivity contribution < 1.29 is 14.3 Å². The number of fused-ring (bicyclic) bond motifs is 1. The first-order valence-corrected chi connectivity index (χ1v) is 6.84. The van der Waals surface area contributed by atoms with Gasteiger partial charge in [-0.1, -0.05) is 0 Å². The topological polar surface area (TPSA) is 59.6 Å². The Bertz CT molecular complexity index is 507. The van der Waals surface area contributed by atoms with Gasteiger partial charge in [-0.3, -0.25) is 5.32 Å². The average Bonchev–Trinajstić information content (AvgIpc) is 2.37. The Morgan fingerprint density at radius 1 is 1.35 bits per heavy atom. The second kappa shape index (κ2) is 5.61. The van der Waals surface area contributed by atoms with Crippen LogP contribution in [0.25, 0.3) is 0 Å². The molecule has 20 heavy (non-hydrogen) atoms. The molecular weight excluding hydrogens is 256 g/mol. The van der Waals surface area contributed by atoms with Crippen molar-refractivity contribution in [3.05, 3.63) is 17.7 Å². The van der Waals surface area contributed by atoms with Crippen molar-refractivity contribution in [1.29, 1.82) is 0 Å². The van der Waals surface area contributed by atoms with E-state index in [0.29, 0.717) is 11.4 Å². The van der Waals surface area contributed by atoms with Gasteiger partial charge in [-0.2, -0.15) is 0 Å². The molecule has 0 aromatic heterocycles. The van der Waals surface area contributed by atoms with Crippen LogP contribution in [0.5, 0.6) is 5.75 Å². The van der Waals surface area contributed by atoms with E-state index in [9.17, 15) is 4.79 Å². The quantitative estimate of drug-likeness (QED) is 0.870. The molecule has 5 heteroatoms. The highest BCUT2D eigenvalue weighted by molar-refractivity contribution is 5.90. The van der Waals surface area contributed by atoms with E-state index in [-0.39, 0.29) is 0 Å². The number of hydrogen-bond donors (Lipinski definition) is 2. The Kier molecular flexibility index (Phi) is 4.06. The lowest BCUT2D eigenvalue weighted by Crippen LogP contribution is -2.28. The van der Waals surface area contributed by atoms with E-state index in [2.05, 4.69) is 10.6 Å². The minimum Gasteiger partial charge on any atom is -0.495 e. The summed E-state index contributed by atoms with van der Waals surface area (Å²) in [6.45, 7) is 6.47. The molecule has 1 aliphatic heterocycles. The molecule has 110 valence electrons. The number of anilines is 2. The second-order valence-corrected chi connectivity index (χ2v) is 5.83. The molecule has 0 saturated carbocycles. The fraction of sp³-hybridized carbons (Fsp3) is 0.533. The maximum Gasteiger partial charge on any atom is 0.412 e. The van der Waals surface area contributed by atoms with Gasteiger partial charge in [0, 0.05) is 17.8 Å². The first kappa shape index (κ1) is 14.5. The Labute approximate surface area is 119 Å². The number of benzene rings is 1. The fourth-order valence-corrected chi connectivity index (χ4v) is 2.25. The minimum atomic E-state index is -0.523. The van der Waals surface area contributed by atoms with Crippen LogP contribution in [-0.4, -0.2) is 25.3 Å². The van der Waals surface area contributed by atoms with Gasteiger partial charge in [0.1, 0.15) is 11.4 Å². The number of carbonyl (C=O) groups is 1. The lowest BCUT2D eigenvalue weighted by molar-refractivity contribution is 0.0635. The average molecular weight is 278 g/mol. The summed E-state index contributed by atoms with van der Waals surface area (Å²) in [5.41, 5.74) is 2.29. The normalized spacial score (nSPS) is 14.0. The first-order valence-electron chi connectivity index (χ1n) is 6.84. The van der Waals surface area contributed by atoms with Gasteiger partial charge in [0.15, 0.2) is 0 Å². The van der Waals surface area contributed by atoms with Crippen LogP contribution < -0.4 is 15.4 Å². The third kappa shape index (κ3) is 3.35. The molecule has 0 bridgehead atoms. The molecule has 0 spiro atoms. The molecule has 0 radical (unpaired) electrons. The van der Waals surface area contributed by atoms with Crippen LogP contribution in [0.15, 0.2) is 12.1 Å². The number of ether oxygens (including phenoxy) is 2. The van der Waals surface area contributed by atoms with Gasteiger partial charge in [-0.25, -0.2) is 4.79 Å². The van der Waals surface area contributed by atoms with E-state index in [1.807, 2.05) is 32.9 Å². The van der Waals surface area contributed by atoms with Crippen LogP contribution >= 0.6 is 0 Å². The smallest absolute Gasteiger partial charge is 0.412 e. The van der Waals surface area contributed by atoms with Crippen molar-refractivity contribution >= 4 is 17.5 Å². The highest BCUT2D eigenvalue weighted by Crippen LogP contribution is 2.36. The van der Waals surface area contributed by atoms with Crippen LogP contribution in [0.1, 0.15) is 32.8 Å². The van der Waals surface area contributed by atoms with Gasteiger partial charge < -0.3 is 14.8 Å². The molecule has 0 saturated heterocycles. The minimum absolute atomic E-state index is 0.463. The zero-order chi connectivity index (χ0) is 14.8. The molecule has 1 amide bonds. The van der Waals surface area contributed by atoms with Crippen molar-refractivity contribution in [3.63, 3.8) is 0 Å². The number of methoxy groups -OCH3 is 1. The molecule has 2 N–H and O–H groups in total. The summed E-state index contributed by atoms with van der Waals surface area (Å²) >= 11 is 0. The van der Waals surface area contributed by atoms with Crippen molar-refractivity contribution in [1.82, 2.24) is 0 Å². The highest BCUT2D eigenvalue weighted by Gasteiger charge is 2.22. The zero-order valence-corrected chi connectivity index (χ0v) is 12.5. The predicted molar refractivity (Wildman–Crippen MR) is 79.7 cm³/mol. The molecule has 1 heterocycles. The first-order chi connectivity index (χ1) is 9.40. The van der Waals surface area contributed by atoms with Gasteiger partial charge in [-0.05, 0) is 45.7 Å². The third-order valence-corrected chi connectivity index (χ3v) is 3.04. The number of nitrogens with one attached hydrogen (secondary N) is 2. The molecule has 1 aromatic carbocycles. The summed E-state index contributed by atoms with van der Waals surface area (Å²) < 4.78 is 10.7. The molecule has 0 unspecified atom stereocenters. The zero-order valence-electron chi connectivity index (χ0n) is 12.5. The summed E-state index contributed by atoms with van der Waals surface area (Å²) in [4.78, 5) is 12.0. The second-order valence-electron chi connectivity index (χ2n) is 5.83. The Morgan fingerprint density at radius 3 is 2.75 bits per heavy atom. The van der Waals surface area contributed by atoms with Crippen LogP contribution in [0.4, 0.5) is 16.2 Å². The van der Waals surface area contributed by atoms with E-state index in [1.165, 1.54) is 0 Å². The Balaban J connectivity index is 2.27. The van der Waals surface area contributed by atoms with Crippen LogP contribution in [-0.2, 0) is 11.2 Å². The monoisotopic (exact) mass is 278 g/mol. The van der Waals surface area contributed by atoms with Gasteiger partial charge in [0.2, 0.25) is 0 Å². The molecule has 0 fully saturated rings. The summed E-state index contributed by atoms with van der Waals surface area (Å²) in [5.74, 6) is 0.651. The van der Waals surface area contributed by atoms with Crippen LogP contribution in [0.2, 0.25) is 0 Å². The van der Waals surface area contributed by atoms with E-state index in [4.69, 9.17) is 9.47 Å². The van der Waals surface area contributed by atoms with Crippen LogP contribution in [0.3, 0.4) is 0 Å². The molecule has 1 aromatic rings. The van der Waals surface area contributed by atoms with Crippen molar-refractivity contribution in [2.24, 2.45) is 0 Å². The summed E-state index contributed by atoms with van der Waals surface area (Å²) in [6, 6.07) is 3.83. The summed E-state index contributed by atoms with van der Waals surface area (Å²) in [5, 5.41) is 6.15. The Hall–Kier alpha value is -1.91. The molecule has 0 aliphatic carbocycles. The summed E-state index contributed by atoms with van der Waals surface area (Å²) in [7, 11) is 1.60. The molecule has 0 atom stereocenters. The fourth-order valence-electron chi connectivity index (χ4n) is 2.25. The van der Waals surface area contributed by atoms with Crippen molar-refractivity contribution in [2.45, 2.75) is 39.2 Å². The molecule has 2 rings (SSSR count). The van der Waals surface area contributed by atoms with Gasteiger partial charge in [0.25, 0.3) is 0 Å². The van der Waals surface area contributed by atoms with E-state index < -0.39 is 11.7 Å². The molecule has 1 aliphatic rings. The number of rotatable bonds is 2. The van der Waals surface area contributed by atoms with Crippen molar-refractivity contribution in [3.8, 4) is 5.75 Å². The largest absolute Gasteiger partial charge is 0.495 e. The standard InChI is InChI=1S/C15H22N2O3/c1-15(2,3)20-14(18)17-13-10-6-5-9-16-11(10)7-8-12(13)19-4/h7-8,16H,5-6,9H2,1-4H3,(H,17,18). The van der Waals surface area contributed by atoms with Crippen LogP contribution in [0, 0.1) is 0 Å². The van der Waals surface area contributed by atoms with Crippen molar-refractivity contribution in [2.75, 3.05) is 24.3 Å². The summed E-state index contributed by atoms with van der Waals surface area (Å²) in [6.07, 6.45) is 1.48. The number of hydrogen-bond acceptors (Lipinski definition) is 4. The SMILES string of the molecule is COc1ccc2c(c1NC(=O)OC(C)(C)C)CCCN2. The maximum absolute atomic E-state index is 12.0. The van der Waals surface area contributed by atoms with E-state index in [1.54, 1.807) is 7.11 Å². The lowest BCUT2D eigenvalue weighted by atomic mass is 10.0. The number of carbonyl (C=O) groups excluding carboxylic acids is 1.